The smallest absolute Gasteiger partial charge is 0.131 e. The Hall–Kier alpha value is -2.15. The van der Waals surface area contributed by atoms with Crippen LogP contribution in [0.25, 0.3) is 21.9 Å². The van der Waals surface area contributed by atoms with Crippen LogP contribution in [0, 0.1) is 5.82 Å². The van der Waals surface area contributed by atoms with E-state index in [-0.39, 0.29) is 5.82 Å². The lowest BCUT2D eigenvalue weighted by Gasteiger charge is -2.05. The molecule has 0 aliphatic heterocycles. The minimum absolute atomic E-state index is 0.178. The van der Waals surface area contributed by atoms with Crippen molar-refractivity contribution in [1.82, 2.24) is 0 Å². The summed E-state index contributed by atoms with van der Waals surface area (Å²) in [6.45, 7) is 0. The van der Waals surface area contributed by atoms with Crippen molar-refractivity contribution in [2.45, 2.75) is 0 Å². The molecule has 0 bridgehead atoms. The van der Waals surface area contributed by atoms with Crippen LogP contribution in [0.2, 0.25) is 0 Å². The fraction of sp³-hybridized carbons (Fsp3) is 0. The predicted molar refractivity (Wildman–Crippen MR) is 69.3 cm³/mol. The highest BCUT2D eigenvalue weighted by Gasteiger charge is 2.04. The summed E-state index contributed by atoms with van der Waals surface area (Å²) in [5, 5.41) is 2.31. The molecule has 0 spiro atoms. The third-order valence-corrected chi connectivity index (χ3v) is 2.93. The van der Waals surface area contributed by atoms with E-state index in [1.54, 1.807) is 12.1 Å². The Bertz CT molecular complexity index is 671. The van der Waals surface area contributed by atoms with Crippen molar-refractivity contribution in [2.24, 2.45) is 0 Å². The van der Waals surface area contributed by atoms with Gasteiger partial charge in [0.25, 0.3) is 0 Å². The molecule has 0 saturated heterocycles. The van der Waals surface area contributed by atoms with Gasteiger partial charge in [-0.1, -0.05) is 54.6 Å². The second-order valence-corrected chi connectivity index (χ2v) is 4.04. The van der Waals surface area contributed by atoms with Gasteiger partial charge in [0.15, 0.2) is 0 Å². The average Bonchev–Trinajstić information content (AvgIpc) is 2.39. The number of rotatable bonds is 1. The molecule has 0 saturated carbocycles. The van der Waals surface area contributed by atoms with Crippen molar-refractivity contribution in [2.75, 3.05) is 0 Å². The molecule has 82 valence electrons. The molecule has 1 heteroatoms. The monoisotopic (exact) mass is 222 g/mol. The molecule has 3 rings (SSSR count). The molecule has 0 unspecified atom stereocenters. The van der Waals surface area contributed by atoms with Crippen LogP contribution in [-0.4, -0.2) is 0 Å². The average molecular weight is 222 g/mol. The van der Waals surface area contributed by atoms with Crippen molar-refractivity contribution in [3.63, 3.8) is 0 Å². The standard InChI is InChI=1S/C16H11F/c17-16-8-4-3-7-15(16)14-10-9-12-5-1-2-6-13(12)11-14/h1-11H. The lowest BCUT2D eigenvalue weighted by molar-refractivity contribution is 0.631. The largest absolute Gasteiger partial charge is 0.206 e. The highest BCUT2D eigenvalue weighted by Crippen LogP contribution is 2.26. The predicted octanol–water partition coefficient (Wildman–Crippen LogP) is 4.65. The third-order valence-electron chi connectivity index (χ3n) is 2.93. The Morgan fingerprint density at radius 2 is 1.35 bits per heavy atom. The molecule has 0 atom stereocenters. The Kier molecular flexibility index (Phi) is 2.37. The van der Waals surface area contributed by atoms with Crippen LogP contribution in [0.1, 0.15) is 0 Å². The lowest BCUT2D eigenvalue weighted by Crippen LogP contribution is -1.83. The van der Waals surface area contributed by atoms with Gasteiger partial charge in [-0.15, -0.1) is 0 Å². The first-order chi connectivity index (χ1) is 8.34. The zero-order valence-electron chi connectivity index (χ0n) is 9.23. The molecular weight excluding hydrogens is 211 g/mol. The first-order valence-corrected chi connectivity index (χ1v) is 5.58. The fourth-order valence-corrected chi connectivity index (χ4v) is 2.05. The van der Waals surface area contributed by atoms with Crippen molar-refractivity contribution >= 4 is 10.8 Å². The number of halogens is 1. The Labute approximate surface area is 99.3 Å². The summed E-state index contributed by atoms with van der Waals surface area (Å²) in [4.78, 5) is 0. The first kappa shape index (κ1) is 10.0. The second kappa shape index (κ2) is 4.02. The quantitative estimate of drug-likeness (QED) is 0.562. The van der Waals surface area contributed by atoms with Crippen LogP contribution in [0.4, 0.5) is 4.39 Å². The van der Waals surface area contributed by atoms with E-state index >= 15 is 0 Å². The second-order valence-electron chi connectivity index (χ2n) is 4.04. The summed E-state index contributed by atoms with van der Waals surface area (Å²) >= 11 is 0. The summed E-state index contributed by atoms with van der Waals surface area (Å²) in [6, 6.07) is 21.0. The van der Waals surface area contributed by atoms with E-state index < -0.39 is 0 Å². The van der Waals surface area contributed by atoms with Crippen LogP contribution in [0.15, 0.2) is 66.7 Å². The molecule has 0 aliphatic rings. The molecule has 0 fully saturated rings. The third kappa shape index (κ3) is 1.80. The molecule has 0 aliphatic carbocycles. The van der Waals surface area contributed by atoms with Crippen LogP contribution >= 0.6 is 0 Å². The van der Waals surface area contributed by atoms with Gasteiger partial charge in [0.05, 0.1) is 0 Å². The molecule has 0 N–H and O–H groups in total. The van der Waals surface area contributed by atoms with Crippen LogP contribution < -0.4 is 0 Å². The van der Waals surface area contributed by atoms with Gasteiger partial charge < -0.3 is 0 Å². The zero-order chi connectivity index (χ0) is 11.7. The van der Waals surface area contributed by atoms with E-state index in [2.05, 4.69) is 6.07 Å². The number of benzene rings is 3. The van der Waals surface area contributed by atoms with Gasteiger partial charge in [-0.3, -0.25) is 0 Å². The Morgan fingerprint density at radius 1 is 0.647 bits per heavy atom. The SMILES string of the molecule is Fc1ccccc1-c1ccc2ccccc2c1. The molecule has 0 heterocycles. The molecule has 3 aromatic rings. The number of hydrogen-bond donors (Lipinski definition) is 0. The minimum atomic E-state index is -0.178. The van der Waals surface area contributed by atoms with Gasteiger partial charge in [-0.25, -0.2) is 4.39 Å². The summed E-state index contributed by atoms with van der Waals surface area (Å²) in [5.74, 6) is -0.178. The van der Waals surface area contributed by atoms with Gasteiger partial charge in [-0.2, -0.15) is 0 Å². The maximum atomic E-state index is 13.7. The van der Waals surface area contributed by atoms with Crippen molar-refractivity contribution in [1.29, 1.82) is 0 Å². The van der Waals surface area contributed by atoms with Gasteiger partial charge >= 0.3 is 0 Å². The van der Waals surface area contributed by atoms with Crippen molar-refractivity contribution in [3.05, 3.63) is 72.5 Å². The molecule has 0 radical (unpaired) electrons. The van der Waals surface area contributed by atoms with Crippen molar-refractivity contribution < 1.29 is 4.39 Å². The topological polar surface area (TPSA) is 0 Å². The van der Waals surface area contributed by atoms with E-state index in [1.165, 1.54) is 11.5 Å². The molecule has 17 heavy (non-hydrogen) atoms. The zero-order valence-corrected chi connectivity index (χ0v) is 9.23. The van der Waals surface area contributed by atoms with Crippen LogP contribution in [-0.2, 0) is 0 Å². The minimum Gasteiger partial charge on any atom is -0.206 e. The van der Waals surface area contributed by atoms with E-state index in [4.69, 9.17) is 0 Å². The van der Waals surface area contributed by atoms with Crippen LogP contribution in [0.5, 0.6) is 0 Å². The van der Waals surface area contributed by atoms with Gasteiger partial charge in [-0.05, 0) is 28.5 Å². The highest BCUT2D eigenvalue weighted by atomic mass is 19.1. The summed E-state index contributed by atoms with van der Waals surface area (Å²) in [6.07, 6.45) is 0. The summed E-state index contributed by atoms with van der Waals surface area (Å²) in [7, 11) is 0. The molecule has 0 amide bonds. The normalized spacial score (nSPS) is 10.6. The maximum absolute atomic E-state index is 13.7. The Balaban J connectivity index is 2.22. The van der Waals surface area contributed by atoms with Gasteiger partial charge in [0.1, 0.15) is 5.82 Å². The Morgan fingerprint density at radius 3 is 2.18 bits per heavy atom. The summed E-state index contributed by atoms with van der Waals surface area (Å²) < 4.78 is 13.7. The lowest BCUT2D eigenvalue weighted by atomic mass is 10.0. The van der Waals surface area contributed by atoms with Gasteiger partial charge in [0.2, 0.25) is 0 Å². The molecular formula is C16H11F. The maximum Gasteiger partial charge on any atom is 0.131 e. The number of fused-ring (bicyclic) bond motifs is 1. The van der Waals surface area contributed by atoms with E-state index in [0.717, 1.165) is 10.9 Å². The molecule has 0 aromatic heterocycles. The molecule has 0 nitrogen and oxygen atoms in total. The van der Waals surface area contributed by atoms with Gasteiger partial charge in [0, 0.05) is 5.56 Å². The number of hydrogen-bond acceptors (Lipinski definition) is 0. The fourth-order valence-electron chi connectivity index (χ4n) is 2.05. The highest BCUT2D eigenvalue weighted by molar-refractivity contribution is 5.87. The van der Waals surface area contributed by atoms with E-state index in [9.17, 15) is 4.39 Å². The first-order valence-electron chi connectivity index (χ1n) is 5.58. The summed E-state index contributed by atoms with van der Waals surface area (Å²) in [5.41, 5.74) is 1.57. The van der Waals surface area contributed by atoms with E-state index in [0.29, 0.717) is 5.56 Å². The van der Waals surface area contributed by atoms with E-state index in [1.807, 2.05) is 42.5 Å². The molecule has 3 aromatic carbocycles. The van der Waals surface area contributed by atoms with Crippen molar-refractivity contribution in [3.8, 4) is 11.1 Å². The van der Waals surface area contributed by atoms with Crippen LogP contribution in [0.3, 0.4) is 0 Å².